The van der Waals surface area contributed by atoms with Crippen LogP contribution in [0, 0.1) is 18.6 Å². The summed E-state index contributed by atoms with van der Waals surface area (Å²) < 4.78 is 38.7. The number of amidine groups is 2. The van der Waals surface area contributed by atoms with Crippen molar-refractivity contribution in [3.63, 3.8) is 0 Å². The number of nitrogens with one attached hydrogen (secondary N) is 2. The third kappa shape index (κ3) is 13.7. The molecule has 4 aliphatic heterocycles. The van der Waals surface area contributed by atoms with Crippen molar-refractivity contribution in [3.8, 4) is 0 Å². The molecule has 2 atom stereocenters. The van der Waals surface area contributed by atoms with E-state index in [1.54, 1.807) is 9.80 Å². The molecule has 4 amide bonds. The number of ether oxygens (including phenoxy) is 2. The minimum atomic E-state index is -0.643. The van der Waals surface area contributed by atoms with Gasteiger partial charge in [0.05, 0.1) is 37.3 Å². The van der Waals surface area contributed by atoms with E-state index in [4.69, 9.17) is 9.47 Å². The molecule has 0 bridgehead atoms. The number of rotatable bonds is 12. The van der Waals surface area contributed by atoms with Crippen molar-refractivity contribution in [1.29, 1.82) is 0 Å². The Labute approximate surface area is 463 Å². The lowest BCUT2D eigenvalue weighted by atomic mass is 9.94. The molecular weight excluding hydrogens is 1020 g/mol. The minimum absolute atomic E-state index is 0. The lowest BCUT2D eigenvalue weighted by Crippen LogP contribution is -2.47. The lowest BCUT2D eigenvalue weighted by molar-refractivity contribution is 0.0343. The van der Waals surface area contributed by atoms with Gasteiger partial charge in [-0.2, -0.15) is 27.0 Å². The first-order chi connectivity index (χ1) is 35.8. The molecule has 4 heterocycles. The molecular formula is C59H68F2N8O6S2. The lowest BCUT2D eigenvalue weighted by Gasteiger charge is -2.35. The molecule has 0 saturated carbocycles. The molecule has 5 aromatic rings. The summed E-state index contributed by atoms with van der Waals surface area (Å²) in [4.78, 5) is 69.1. The number of aryl methyl sites for hydroxylation is 1. The van der Waals surface area contributed by atoms with Gasteiger partial charge in [0.2, 0.25) is 0 Å². The minimum Gasteiger partial charge on any atom is -0.440 e. The van der Waals surface area contributed by atoms with Crippen molar-refractivity contribution in [2.24, 2.45) is 9.98 Å². The first kappa shape index (κ1) is 59.1. The summed E-state index contributed by atoms with van der Waals surface area (Å²) in [6.07, 6.45) is -1.73. The maximum absolute atomic E-state index is 13.7. The van der Waals surface area contributed by atoms with Crippen LogP contribution in [0.1, 0.15) is 82.9 Å². The van der Waals surface area contributed by atoms with Gasteiger partial charge >= 0.3 is 12.2 Å². The summed E-state index contributed by atoms with van der Waals surface area (Å²) in [7, 11) is 5.91. The van der Waals surface area contributed by atoms with Gasteiger partial charge in [-0.3, -0.25) is 34.3 Å². The summed E-state index contributed by atoms with van der Waals surface area (Å²) in [6.45, 7) is 13.0. The van der Waals surface area contributed by atoms with Crippen LogP contribution in [0.3, 0.4) is 0 Å². The fourth-order valence-corrected chi connectivity index (χ4v) is 9.84. The topological polar surface area (TPSA) is 148 Å². The highest BCUT2D eigenvalue weighted by atomic mass is 32.1. The average molecular weight is 1090 g/mol. The normalized spacial score (nSPS) is 16.5. The van der Waals surface area contributed by atoms with Crippen molar-refractivity contribution in [3.05, 3.63) is 201 Å². The van der Waals surface area contributed by atoms with E-state index in [0.29, 0.717) is 49.0 Å². The summed E-state index contributed by atoms with van der Waals surface area (Å²) >= 11 is 0. The summed E-state index contributed by atoms with van der Waals surface area (Å²) in [5.74, 6) is -0.684. The van der Waals surface area contributed by atoms with E-state index in [9.17, 15) is 28.0 Å². The Kier molecular flexibility index (Phi) is 19.5. The molecule has 1 unspecified atom stereocenters. The fourth-order valence-electron chi connectivity index (χ4n) is 9.84. The third-order valence-corrected chi connectivity index (χ3v) is 14.2. The van der Waals surface area contributed by atoms with Crippen molar-refractivity contribution in [1.82, 2.24) is 30.2 Å². The van der Waals surface area contributed by atoms with Crippen LogP contribution in [0.4, 0.5) is 18.4 Å². The summed E-state index contributed by atoms with van der Waals surface area (Å²) in [5, 5.41) is 5.67. The highest BCUT2D eigenvalue weighted by Gasteiger charge is 2.48. The highest BCUT2D eigenvalue weighted by Crippen LogP contribution is 2.40. The van der Waals surface area contributed by atoms with Gasteiger partial charge in [-0.1, -0.05) is 84.9 Å². The molecule has 5 aromatic carbocycles. The Morgan fingerprint density at radius 3 is 1.48 bits per heavy atom. The van der Waals surface area contributed by atoms with Gasteiger partial charge in [0, 0.05) is 41.9 Å². The van der Waals surface area contributed by atoms with Gasteiger partial charge in [-0.05, 0) is 138 Å². The second-order valence-corrected chi connectivity index (χ2v) is 20.4. The predicted octanol–water partition coefficient (Wildman–Crippen LogP) is 9.70. The number of amides is 4. The zero-order chi connectivity index (χ0) is 53.6. The average Bonchev–Trinajstić information content (AvgIpc) is 4.12. The number of aliphatic imine (C=N–C) groups is 2. The summed E-state index contributed by atoms with van der Waals surface area (Å²) in [6, 6.07) is 38.5. The van der Waals surface area contributed by atoms with Crippen LogP contribution in [0.2, 0.25) is 0 Å². The number of hydrogen-bond donors (Lipinski definition) is 2. The van der Waals surface area contributed by atoms with Crippen molar-refractivity contribution < 1.29 is 37.4 Å². The van der Waals surface area contributed by atoms with E-state index in [2.05, 4.69) is 37.7 Å². The van der Waals surface area contributed by atoms with Crippen LogP contribution < -0.4 is 10.6 Å². The number of carbonyl (C=O) groups is 4. The molecule has 0 spiro atoms. The largest absolute Gasteiger partial charge is 0.440 e. The van der Waals surface area contributed by atoms with Crippen LogP contribution in [0.5, 0.6) is 0 Å². The Bertz CT molecular complexity index is 3060. The molecule has 0 aliphatic carbocycles. The van der Waals surface area contributed by atoms with Crippen LogP contribution in [0.25, 0.3) is 0 Å². The van der Waals surface area contributed by atoms with Crippen molar-refractivity contribution in [2.75, 3.05) is 60.4 Å². The molecule has 14 nitrogen and oxygen atoms in total. The smallest absolute Gasteiger partial charge is 0.411 e. The van der Waals surface area contributed by atoms with E-state index in [0.717, 1.165) is 45.5 Å². The van der Waals surface area contributed by atoms with E-state index >= 15 is 0 Å². The SMILES string of the molecule is CN(Cc1ccccc1)C[C@@H](OC(=O)N1CC2=C(CN=C2NC(=O)c2ccc(F)cc2)C1(C)C)c1ccccc1.Cc1ccccc1C(CN(C)C)OC(=O)N1CC2=C(CN=C2NC(=O)c2ccc(F)cc2)C1(C)C.S.S. The number of halogens is 2. The number of hydrogen-bond acceptors (Lipinski definition) is 10. The quantitative estimate of drug-likeness (QED) is 0.126. The molecule has 0 fully saturated rings. The molecule has 18 heteroatoms. The standard InChI is InChI=1S/C32H33FN4O3.C27H31FN4O3.2H2S/c1-32(2)27-18-34-29(35-30(38)24-14-16-25(33)17-15-24)26(27)20-37(32)31(39)40-28(23-12-8-5-9-13-23)21-36(3)19-22-10-6-4-7-11-22;1-17-8-6-7-9-20(17)23(16-31(4)5)35-26(34)32-15-21-22(27(32,2)3)14-29-24(21)30-25(33)18-10-12-19(28)13-11-18;;/h4-17,28H,18-21H2,1-3H3,(H,34,35,38);6-13,23H,14-16H2,1-5H3,(H,29,30,33);2*1H2/t28-;;;/m1.../s1. The molecule has 0 saturated heterocycles. The maximum Gasteiger partial charge on any atom is 0.411 e. The molecule has 9 rings (SSSR count). The van der Waals surface area contributed by atoms with E-state index < -0.39 is 47.1 Å². The van der Waals surface area contributed by atoms with Gasteiger partial charge in [-0.15, -0.1) is 0 Å². The predicted molar refractivity (Wildman–Crippen MR) is 306 cm³/mol. The maximum atomic E-state index is 13.7. The van der Waals surface area contributed by atoms with Gasteiger partial charge < -0.3 is 25.0 Å². The third-order valence-electron chi connectivity index (χ3n) is 14.2. The molecule has 4 aliphatic rings. The van der Waals surface area contributed by atoms with E-state index in [1.165, 1.54) is 54.1 Å². The Hall–Kier alpha value is -7.12. The molecule has 0 radical (unpaired) electrons. The van der Waals surface area contributed by atoms with Crippen LogP contribution >= 0.6 is 27.0 Å². The second-order valence-electron chi connectivity index (χ2n) is 20.4. The van der Waals surface area contributed by atoms with Crippen molar-refractivity contribution in [2.45, 2.75) is 64.4 Å². The van der Waals surface area contributed by atoms with Crippen LogP contribution in [-0.4, -0.2) is 127 Å². The first-order valence-electron chi connectivity index (χ1n) is 24.9. The molecule has 406 valence electrons. The number of likely N-dealkylation sites (N-methyl/N-ethyl adjacent to an activating group) is 2. The second kappa shape index (κ2) is 25.4. The van der Waals surface area contributed by atoms with Crippen LogP contribution in [0.15, 0.2) is 166 Å². The zero-order valence-electron chi connectivity index (χ0n) is 44.7. The molecule has 2 N–H and O–H groups in total. The Morgan fingerprint density at radius 1 is 0.597 bits per heavy atom. The Morgan fingerprint density at radius 2 is 1.03 bits per heavy atom. The number of carbonyl (C=O) groups excluding carboxylic acids is 4. The van der Waals surface area contributed by atoms with Crippen LogP contribution in [-0.2, 0) is 16.0 Å². The highest BCUT2D eigenvalue weighted by molar-refractivity contribution is 7.59. The van der Waals surface area contributed by atoms with Gasteiger partial charge in [0.25, 0.3) is 11.8 Å². The monoisotopic (exact) mass is 1090 g/mol. The first-order valence-corrected chi connectivity index (χ1v) is 24.9. The molecule has 0 aromatic heterocycles. The van der Waals surface area contributed by atoms with E-state index in [-0.39, 0.29) is 51.9 Å². The fraction of sp³-hybridized carbons (Fsp3) is 0.322. The van der Waals surface area contributed by atoms with Crippen molar-refractivity contribution >= 4 is 62.7 Å². The molecule has 77 heavy (non-hydrogen) atoms. The summed E-state index contributed by atoms with van der Waals surface area (Å²) in [5.41, 5.74) is 7.12. The zero-order valence-corrected chi connectivity index (χ0v) is 46.7. The van der Waals surface area contributed by atoms with Gasteiger partial charge in [0.15, 0.2) is 0 Å². The van der Waals surface area contributed by atoms with Gasteiger partial charge in [-0.25, -0.2) is 18.4 Å². The van der Waals surface area contributed by atoms with E-state index in [1.807, 2.05) is 133 Å². The number of benzene rings is 5. The van der Waals surface area contributed by atoms with Gasteiger partial charge in [0.1, 0.15) is 35.5 Å². The Balaban J connectivity index is 0.000000245. The number of nitrogens with zero attached hydrogens (tertiary/aromatic N) is 6.